The molecule has 2 unspecified atom stereocenters. The maximum Gasteiger partial charge on any atom is 0.319 e. The van der Waals surface area contributed by atoms with Gasteiger partial charge in [0.2, 0.25) is 0 Å². The van der Waals surface area contributed by atoms with E-state index in [2.05, 4.69) is 22.8 Å². The van der Waals surface area contributed by atoms with Crippen LogP contribution in [0.4, 0.5) is 10.5 Å². The number of rotatable bonds is 2. The van der Waals surface area contributed by atoms with Gasteiger partial charge >= 0.3 is 6.03 Å². The maximum atomic E-state index is 12.1. The predicted octanol–water partition coefficient (Wildman–Crippen LogP) is 3.04. The SMILES string of the molecule is Cc1cc(C)c(NC(=O)NC2CCCCC2O)c(C)c1. The summed E-state index contributed by atoms with van der Waals surface area (Å²) >= 11 is 0. The summed E-state index contributed by atoms with van der Waals surface area (Å²) in [6.45, 7) is 6.03. The number of hydrogen-bond donors (Lipinski definition) is 3. The van der Waals surface area contributed by atoms with E-state index in [0.717, 1.165) is 42.5 Å². The Bertz CT molecular complexity index is 476. The van der Waals surface area contributed by atoms with Gasteiger partial charge in [0.05, 0.1) is 12.1 Å². The largest absolute Gasteiger partial charge is 0.391 e. The Balaban J connectivity index is 2.01. The fourth-order valence-corrected chi connectivity index (χ4v) is 2.97. The highest BCUT2D eigenvalue weighted by atomic mass is 16.3. The number of carbonyl (C=O) groups is 1. The molecule has 0 saturated heterocycles. The molecule has 0 bridgehead atoms. The van der Waals surface area contributed by atoms with Crippen LogP contribution < -0.4 is 10.6 Å². The summed E-state index contributed by atoms with van der Waals surface area (Å²) in [5.74, 6) is 0. The first-order valence-electron chi connectivity index (χ1n) is 7.31. The predicted molar refractivity (Wildman–Crippen MR) is 81.1 cm³/mol. The maximum absolute atomic E-state index is 12.1. The van der Waals surface area contributed by atoms with Crippen molar-refractivity contribution in [1.82, 2.24) is 5.32 Å². The van der Waals surface area contributed by atoms with E-state index in [-0.39, 0.29) is 12.1 Å². The summed E-state index contributed by atoms with van der Waals surface area (Å²) < 4.78 is 0. The van der Waals surface area contributed by atoms with Crippen LogP contribution in [0.25, 0.3) is 0 Å². The highest BCUT2D eigenvalue weighted by Crippen LogP contribution is 2.22. The average molecular weight is 276 g/mol. The van der Waals surface area contributed by atoms with E-state index in [1.54, 1.807) is 0 Å². The molecule has 0 aromatic heterocycles. The summed E-state index contributed by atoms with van der Waals surface area (Å²) in [7, 11) is 0. The standard InChI is InChI=1S/C16H24N2O2/c1-10-8-11(2)15(12(3)9-10)18-16(20)17-13-6-4-5-7-14(13)19/h8-9,13-14,19H,4-7H2,1-3H3,(H2,17,18,20). The first kappa shape index (κ1) is 14.9. The molecule has 1 saturated carbocycles. The van der Waals surface area contributed by atoms with Gasteiger partial charge in [0.1, 0.15) is 0 Å². The van der Waals surface area contributed by atoms with Crippen LogP contribution in [0.3, 0.4) is 0 Å². The van der Waals surface area contributed by atoms with Gasteiger partial charge in [-0.25, -0.2) is 4.79 Å². The summed E-state index contributed by atoms with van der Waals surface area (Å²) in [5.41, 5.74) is 4.16. The lowest BCUT2D eigenvalue weighted by Gasteiger charge is -2.28. The van der Waals surface area contributed by atoms with Crippen LogP contribution in [-0.4, -0.2) is 23.3 Å². The van der Waals surface area contributed by atoms with Crippen molar-refractivity contribution in [3.05, 3.63) is 28.8 Å². The van der Waals surface area contributed by atoms with Gasteiger partial charge in [0, 0.05) is 5.69 Å². The second-order valence-corrected chi connectivity index (χ2v) is 5.83. The smallest absolute Gasteiger partial charge is 0.319 e. The number of urea groups is 1. The van der Waals surface area contributed by atoms with E-state index >= 15 is 0 Å². The number of aliphatic hydroxyl groups is 1. The molecule has 4 heteroatoms. The summed E-state index contributed by atoms with van der Waals surface area (Å²) in [6, 6.07) is 3.75. The molecule has 4 nitrogen and oxygen atoms in total. The van der Waals surface area contributed by atoms with Crippen molar-refractivity contribution < 1.29 is 9.90 Å². The number of benzene rings is 1. The van der Waals surface area contributed by atoms with Crippen LogP contribution in [-0.2, 0) is 0 Å². The molecule has 1 fully saturated rings. The van der Waals surface area contributed by atoms with Gasteiger partial charge < -0.3 is 15.7 Å². The zero-order valence-electron chi connectivity index (χ0n) is 12.5. The molecule has 0 heterocycles. The fraction of sp³-hybridized carbons (Fsp3) is 0.562. The lowest BCUT2D eigenvalue weighted by molar-refractivity contribution is 0.0955. The molecule has 1 aromatic carbocycles. The first-order chi connectivity index (χ1) is 9.47. The van der Waals surface area contributed by atoms with Crippen molar-refractivity contribution in [1.29, 1.82) is 0 Å². The van der Waals surface area contributed by atoms with Crippen molar-refractivity contribution in [2.24, 2.45) is 0 Å². The van der Waals surface area contributed by atoms with Crippen LogP contribution >= 0.6 is 0 Å². The highest BCUT2D eigenvalue weighted by molar-refractivity contribution is 5.91. The molecular weight excluding hydrogens is 252 g/mol. The highest BCUT2D eigenvalue weighted by Gasteiger charge is 2.24. The second-order valence-electron chi connectivity index (χ2n) is 5.83. The molecule has 110 valence electrons. The number of aryl methyl sites for hydroxylation is 3. The Morgan fingerprint density at radius 1 is 1.15 bits per heavy atom. The van der Waals surface area contributed by atoms with Crippen LogP contribution in [0.1, 0.15) is 42.4 Å². The van der Waals surface area contributed by atoms with E-state index in [4.69, 9.17) is 0 Å². The Labute approximate surface area is 120 Å². The lowest BCUT2D eigenvalue weighted by atomic mass is 9.93. The molecule has 20 heavy (non-hydrogen) atoms. The topological polar surface area (TPSA) is 61.4 Å². The van der Waals surface area contributed by atoms with E-state index in [0.29, 0.717) is 0 Å². The van der Waals surface area contributed by atoms with Crippen molar-refractivity contribution in [3.8, 4) is 0 Å². The van der Waals surface area contributed by atoms with Crippen molar-refractivity contribution in [2.75, 3.05) is 5.32 Å². The zero-order chi connectivity index (χ0) is 14.7. The van der Waals surface area contributed by atoms with E-state index < -0.39 is 6.10 Å². The van der Waals surface area contributed by atoms with Crippen LogP contribution in [0.2, 0.25) is 0 Å². The number of carbonyl (C=O) groups excluding carboxylic acids is 1. The van der Waals surface area contributed by atoms with E-state index in [9.17, 15) is 9.90 Å². The van der Waals surface area contributed by atoms with Crippen molar-refractivity contribution in [3.63, 3.8) is 0 Å². The van der Waals surface area contributed by atoms with Crippen molar-refractivity contribution >= 4 is 11.7 Å². The number of anilines is 1. The number of amides is 2. The van der Waals surface area contributed by atoms with Crippen LogP contribution in [0.15, 0.2) is 12.1 Å². The normalized spacial score (nSPS) is 22.4. The molecule has 3 N–H and O–H groups in total. The number of nitrogens with one attached hydrogen (secondary N) is 2. The Morgan fingerprint density at radius 2 is 1.75 bits per heavy atom. The van der Waals surface area contributed by atoms with Gasteiger partial charge in [-0.3, -0.25) is 0 Å². The Morgan fingerprint density at radius 3 is 2.35 bits per heavy atom. The zero-order valence-corrected chi connectivity index (χ0v) is 12.5. The van der Waals surface area contributed by atoms with E-state index in [1.807, 2.05) is 20.8 Å². The molecule has 0 aliphatic heterocycles. The molecule has 1 aromatic rings. The third-order valence-electron chi connectivity index (χ3n) is 3.96. The minimum atomic E-state index is -0.422. The second kappa shape index (κ2) is 6.27. The molecule has 0 radical (unpaired) electrons. The lowest BCUT2D eigenvalue weighted by Crippen LogP contribution is -2.46. The number of hydrogen-bond acceptors (Lipinski definition) is 2. The van der Waals surface area contributed by atoms with Gasteiger partial charge in [-0.15, -0.1) is 0 Å². The van der Waals surface area contributed by atoms with Crippen molar-refractivity contribution in [2.45, 2.75) is 58.6 Å². The van der Waals surface area contributed by atoms with E-state index in [1.165, 1.54) is 5.56 Å². The van der Waals surface area contributed by atoms with Gasteiger partial charge in [0.25, 0.3) is 0 Å². The minimum Gasteiger partial charge on any atom is -0.391 e. The van der Waals surface area contributed by atoms with Gasteiger partial charge in [0.15, 0.2) is 0 Å². The average Bonchev–Trinajstić information content (AvgIpc) is 2.36. The molecule has 2 atom stereocenters. The molecule has 1 aliphatic carbocycles. The third-order valence-corrected chi connectivity index (χ3v) is 3.96. The summed E-state index contributed by atoms with van der Waals surface area (Å²) in [5, 5.41) is 15.7. The van der Waals surface area contributed by atoms with Crippen LogP contribution in [0, 0.1) is 20.8 Å². The molecule has 2 rings (SSSR count). The molecule has 2 amide bonds. The molecule has 0 spiro atoms. The minimum absolute atomic E-state index is 0.130. The Kier molecular flexibility index (Phi) is 4.65. The number of aliphatic hydroxyl groups excluding tert-OH is 1. The fourth-order valence-electron chi connectivity index (χ4n) is 2.97. The van der Waals surface area contributed by atoms with Gasteiger partial charge in [-0.2, -0.15) is 0 Å². The Hall–Kier alpha value is -1.55. The molecular formula is C16H24N2O2. The first-order valence-corrected chi connectivity index (χ1v) is 7.31. The third kappa shape index (κ3) is 3.51. The molecule has 1 aliphatic rings. The monoisotopic (exact) mass is 276 g/mol. The van der Waals surface area contributed by atoms with Crippen LogP contribution in [0.5, 0.6) is 0 Å². The summed E-state index contributed by atoms with van der Waals surface area (Å²) in [6.07, 6.45) is 3.30. The quantitative estimate of drug-likeness (QED) is 0.777. The van der Waals surface area contributed by atoms with Gasteiger partial charge in [-0.1, -0.05) is 30.5 Å². The summed E-state index contributed by atoms with van der Waals surface area (Å²) in [4.78, 5) is 12.1. The van der Waals surface area contributed by atoms with Gasteiger partial charge in [-0.05, 0) is 44.7 Å².